The van der Waals surface area contributed by atoms with Crippen molar-refractivity contribution in [1.29, 1.82) is 0 Å². The fraction of sp³-hybridized carbons (Fsp3) is 0.438. The molecule has 4 rings (SSSR count). The molecule has 1 atom stereocenters. The Bertz CT molecular complexity index is 1100. The Balaban J connectivity index is 0.00000132. The van der Waals surface area contributed by atoms with Crippen LogP contribution >= 0.6 is 39.5 Å². The maximum absolute atomic E-state index is 14.4. The summed E-state index contributed by atoms with van der Waals surface area (Å²) in [5, 5.41) is 30.6. The zero-order valence-electron chi connectivity index (χ0n) is 16.4. The van der Waals surface area contributed by atoms with E-state index in [0.29, 0.717) is 35.5 Å². The number of aliphatic hydroxyl groups excluding tert-OH is 1. The van der Waals surface area contributed by atoms with Gasteiger partial charge in [0.1, 0.15) is 11.9 Å². The number of β-amino-alcohol motifs (C(OH)–C–C–N with tert-alkyl or cyclic N) is 1. The molecule has 4 heterocycles. The second-order valence-corrected chi connectivity index (χ2v) is 9.57. The summed E-state index contributed by atoms with van der Waals surface area (Å²) in [7, 11) is 0. The molecule has 1 aliphatic rings. The number of nitrogens with zero attached hydrogens (tertiary/aromatic N) is 7. The van der Waals surface area contributed by atoms with E-state index in [1.807, 2.05) is 4.90 Å². The molecule has 3 aromatic rings. The second-order valence-electron chi connectivity index (χ2n) is 7.49. The third-order valence-electron chi connectivity index (χ3n) is 4.52. The Labute approximate surface area is 204 Å². The van der Waals surface area contributed by atoms with Gasteiger partial charge in [-0.1, -0.05) is 0 Å². The number of aliphatic hydroxyl groups is 1. The summed E-state index contributed by atoms with van der Waals surface area (Å²) < 4.78 is 17.4. The number of rotatable bonds is 6. The normalized spacial score (nSPS) is 14.7. The molecule has 0 amide bonds. The Morgan fingerprint density at radius 3 is 2.68 bits per heavy atom. The van der Waals surface area contributed by atoms with Crippen molar-refractivity contribution in [2.45, 2.75) is 32.2 Å². The number of halogens is 2. The van der Waals surface area contributed by atoms with Crippen LogP contribution in [0.5, 0.6) is 0 Å². The molecule has 1 saturated heterocycles. The minimum absolute atomic E-state index is 0.00894. The average molecular weight is 645 g/mol. The molecule has 1 radical (unpaired) electrons. The summed E-state index contributed by atoms with van der Waals surface area (Å²) in [6, 6.07) is 1.66. The van der Waals surface area contributed by atoms with Crippen LogP contribution < -0.4 is 4.90 Å². The van der Waals surface area contributed by atoms with Gasteiger partial charge < -0.3 is 10.0 Å². The number of fused-ring (bicyclic) bond motifs is 1. The number of hydrogen-bond acceptors (Lipinski definition) is 8. The van der Waals surface area contributed by atoms with Gasteiger partial charge in [-0.25, -0.2) is 8.84 Å². The summed E-state index contributed by atoms with van der Waals surface area (Å²) in [6.45, 7) is 3.82. The van der Waals surface area contributed by atoms with Gasteiger partial charge >= 0.3 is 31.6 Å². The van der Waals surface area contributed by atoms with Crippen molar-refractivity contribution in [2.75, 3.05) is 18.0 Å². The van der Waals surface area contributed by atoms with Crippen molar-refractivity contribution in [3.05, 3.63) is 28.6 Å². The van der Waals surface area contributed by atoms with Crippen LogP contribution in [0, 0.1) is 10.1 Å². The van der Waals surface area contributed by atoms with E-state index in [-0.39, 0.29) is 24.3 Å². The molecule has 1 unspecified atom stereocenters. The van der Waals surface area contributed by atoms with Crippen molar-refractivity contribution in [2.24, 2.45) is 0 Å². The van der Waals surface area contributed by atoms with E-state index < -0.39 is 16.7 Å². The van der Waals surface area contributed by atoms with Crippen LogP contribution in [0.2, 0.25) is 0 Å². The summed E-state index contributed by atoms with van der Waals surface area (Å²) >= 11 is 7.81. The first-order chi connectivity index (χ1) is 14.7. The molecule has 10 nitrogen and oxygen atoms in total. The monoisotopic (exact) mass is 646 g/mol. The van der Waals surface area contributed by atoms with Crippen LogP contribution in [0.25, 0.3) is 22.3 Å². The fourth-order valence-electron chi connectivity index (χ4n) is 3.24. The quantitative estimate of drug-likeness (QED) is 0.106. The number of alkyl halides is 1. The van der Waals surface area contributed by atoms with Gasteiger partial charge in [0.25, 0.3) is 0 Å². The number of nitro groups is 1. The molecule has 1 N–H and O–H groups in total. The summed E-state index contributed by atoms with van der Waals surface area (Å²) in [6.07, 6.45) is 2.75. The van der Waals surface area contributed by atoms with E-state index in [1.54, 1.807) is 16.9 Å². The van der Waals surface area contributed by atoms with E-state index >= 15 is 0 Å². The molecule has 0 aliphatic carbocycles. The van der Waals surface area contributed by atoms with Gasteiger partial charge in [-0.3, -0.25) is 19.8 Å². The zero-order chi connectivity index (χ0) is 22.9. The Kier molecular flexibility index (Phi) is 7.80. The molecular formula is C16H19FIN7O3PSSe. The van der Waals surface area contributed by atoms with E-state index in [0.717, 1.165) is 0 Å². The van der Waals surface area contributed by atoms with Crippen LogP contribution in [0.15, 0.2) is 18.5 Å². The predicted molar refractivity (Wildman–Crippen MR) is 131 cm³/mol. The van der Waals surface area contributed by atoms with Crippen LogP contribution in [-0.4, -0.2) is 74.1 Å². The van der Waals surface area contributed by atoms with E-state index in [4.69, 9.17) is 0 Å². The first kappa shape index (κ1) is 24.6. The standard InChI is InChI=1S/C16H18FIN7O3P.HSSe/c1-16(2,17)8-23-12-3-11(14-13(25(27)28)7-24(20-14)29-18)19-4-10(12)15(21-23)22-5-9(26)6-22;1-2/h3-4,7,9,26,29H,5-6,8H2,1-2H3;1H. The predicted octanol–water partition coefficient (Wildman–Crippen LogP) is 2.92. The van der Waals surface area contributed by atoms with E-state index in [9.17, 15) is 19.6 Å². The Hall–Kier alpha value is -1.05. The minimum atomic E-state index is -1.51. The molecule has 31 heavy (non-hydrogen) atoms. The van der Waals surface area contributed by atoms with Gasteiger partial charge in [0.2, 0.25) is 0 Å². The molecule has 0 bridgehead atoms. The first-order valence-electron chi connectivity index (χ1n) is 8.94. The van der Waals surface area contributed by atoms with E-state index in [1.165, 1.54) is 24.5 Å². The number of hydrogen-bond donors (Lipinski definition) is 2. The molecule has 1 aliphatic heterocycles. The molecule has 0 spiro atoms. The fourth-order valence-corrected chi connectivity index (χ4v) is 4.30. The van der Waals surface area contributed by atoms with Crippen LogP contribution in [0.3, 0.4) is 0 Å². The van der Waals surface area contributed by atoms with Crippen molar-refractivity contribution >= 4 is 76.8 Å². The van der Waals surface area contributed by atoms with Crippen molar-refractivity contribution < 1.29 is 14.4 Å². The third-order valence-corrected chi connectivity index (χ3v) is 6.41. The molecule has 3 aromatic heterocycles. The van der Waals surface area contributed by atoms with Crippen molar-refractivity contribution in [3.8, 4) is 11.4 Å². The Morgan fingerprint density at radius 2 is 2.13 bits per heavy atom. The van der Waals surface area contributed by atoms with Crippen LogP contribution in [0.1, 0.15) is 13.8 Å². The van der Waals surface area contributed by atoms with Gasteiger partial charge in [-0.2, -0.15) is 10.2 Å². The molecule has 167 valence electrons. The number of pyridine rings is 1. The van der Waals surface area contributed by atoms with Gasteiger partial charge in [0.15, 0.2) is 11.5 Å². The van der Waals surface area contributed by atoms with Crippen molar-refractivity contribution in [1.82, 2.24) is 24.3 Å². The maximum atomic E-state index is 14.4. The van der Waals surface area contributed by atoms with Gasteiger partial charge in [0.05, 0.1) is 40.5 Å². The van der Waals surface area contributed by atoms with Gasteiger partial charge in [0, 0.05) is 19.3 Å². The molecule has 15 heteroatoms. The van der Waals surface area contributed by atoms with E-state index in [2.05, 4.69) is 63.2 Å². The SMILES string of the molecule is CC(C)(F)Cn1nc(N2CC(O)C2)c2cnc(-c3nn(PI)cc3[N+](=O)[O-])cc21.S[Se]. The number of anilines is 1. The van der Waals surface area contributed by atoms with Gasteiger partial charge in [-0.05, 0) is 42.0 Å². The number of thiol groups is 1. The summed E-state index contributed by atoms with van der Waals surface area (Å²) in [5.41, 5.74) is -0.550. The van der Waals surface area contributed by atoms with Crippen LogP contribution in [-0.2, 0) is 6.54 Å². The third kappa shape index (κ3) is 5.31. The zero-order valence-corrected chi connectivity index (χ0v) is 22.2. The average Bonchev–Trinajstić information content (AvgIpc) is 3.28. The van der Waals surface area contributed by atoms with Crippen LogP contribution in [0.4, 0.5) is 15.9 Å². The molecule has 0 saturated carbocycles. The second kappa shape index (κ2) is 9.84. The number of aromatic nitrogens is 5. The topological polar surface area (TPSA) is 115 Å². The molecule has 1 fully saturated rings. The van der Waals surface area contributed by atoms with Gasteiger partial charge in [-0.15, -0.1) is 0 Å². The Morgan fingerprint density at radius 1 is 1.45 bits per heavy atom. The first-order valence-corrected chi connectivity index (χ1v) is 15.7. The summed E-state index contributed by atoms with van der Waals surface area (Å²) in [4.78, 5) is 17.2. The molecular weight excluding hydrogens is 626 g/mol. The summed E-state index contributed by atoms with van der Waals surface area (Å²) in [5.74, 6) is 0.613. The molecule has 0 aromatic carbocycles. The van der Waals surface area contributed by atoms with Crippen molar-refractivity contribution in [3.63, 3.8) is 0 Å².